The van der Waals surface area contributed by atoms with E-state index in [1.165, 1.54) is 11.4 Å². The van der Waals surface area contributed by atoms with Crippen molar-refractivity contribution in [2.24, 2.45) is 0 Å². The van der Waals surface area contributed by atoms with Crippen LogP contribution >= 0.6 is 0 Å². The average Bonchev–Trinajstić information content (AvgIpc) is 2.86. The highest BCUT2D eigenvalue weighted by Crippen LogP contribution is 2.24. The highest BCUT2D eigenvalue weighted by atomic mass is 32.2. The number of carbonyl (C=O) groups excluding carboxylic acids is 2. The topological polar surface area (TPSA) is 96.0 Å². The SMILES string of the molecule is CC[C@@H](C)NC(=O)[C@H](CC)N(Cc1ccccc1)C(=O)CCCN(c1cccc(OC)c1)S(C)(=O)=O. The Morgan fingerprint density at radius 2 is 1.72 bits per heavy atom. The predicted molar refractivity (Wildman–Crippen MR) is 143 cm³/mol. The van der Waals surface area contributed by atoms with Crippen LogP contribution in [0.15, 0.2) is 54.6 Å². The molecule has 2 atom stereocenters. The van der Waals surface area contributed by atoms with E-state index in [4.69, 9.17) is 4.74 Å². The fraction of sp³-hybridized carbons (Fsp3) is 0.481. The Kier molecular flexibility index (Phi) is 11.2. The van der Waals surface area contributed by atoms with Gasteiger partial charge in [-0.25, -0.2) is 8.42 Å². The summed E-state index contributed by atoms with van der Waals surface area (Å²) in [7, 11) is -2.05. The Balaban J connectivity index is 2.20. The molecule has 0 saturated heterocycles. The van der Waals surface area contributed by atoms with Crippen LogP contribution in [0.3, 0.4) is 0 Å². The van der Waals surface area contributed by atoms with E-state index in [9.17, 15) is 18.0 Å². The lowest BCUT2D eigenvalue weighted by molar-refractivity contribution is -0.141. The van der Waals surface area contributed by atoms with Crippen molar-refractivity contribution in [2.45, 2.75) is 65.1 Å². The van der Waals surface area contributed by atoms with Gasteiger partial charge in [0.05, 0.1) is 19.1 Å². The third kappa shape index (κ3) is 8.55. The van der Waals surface area contributed by atoms with Crippen LogP contribution in [0.2, 0.25) is 0 Å². The third-order valence-electron chi connectivity index (χ3n) is 6.08. The smallest absolute Gasteiger partial charge is 0.243 e. The lowest BCUT2D eigenvalue weighted by Gasteiger charge is -2.32. The molecule has 0 saturated carbocycles. The molecule has 1 N–H and O–H groups in total. The third-order valence-corrected chi connectivity index (χ3v) is 7.27. The number of sulfonamides is 1. The number of benzene rings is 2. The van der Waals surface area contributed by atoms with Gasteiger partial charge in [-0.05, 0) is 43.9 Å². The highest BCUT2D eigenvalue weighted by Gasteiger charge is 2.29. The summed E-state index contributed by atoms with van der Waals surface area (Å²) in [6.07, 6.45) is 2.82. The lowest BCUT2D eigenvalue weighted by atomic mass is 10.1. The standard InChI is InChI=1S/C27H39N3O5S/c1-6-21(3)28-27(32)25(7-2)29(20-22-13-9-8-10-14-22)26(31)17-12-18-30(36(5,33)34)23-15-11-16-24(19-23)35-4/h8-11,13-16,19,21,25H,6-7,12,17-18,20H2,1-5H3,(H,28,32)/t21-,25+/m1/s1. The molecule has 0 radical (unpaired) electrons. The molecule has 36 heavy (non-hydrogen) atoms. The maximum Gasteiger partial charge on any atom is 0.243 e. The number of anilines is 1. The van der Waals surface area contributed by atoms with Gasteiger partial charge in [0.25, 0.3) is 0 Å². The average molecular weight is 518 g/mol. The molecule has 9 heteroatoms. The molecule has 0 fully saturated rings. The number of hydrogen-bond donors (Lipinski definition) is 1. The molecule has 0 unspecified atom stereocenters. The minimum absolute atomic E-state index is 0.00594. The number of nitrogens with one attached hydrogen (secondary N) is 1. The van der Waals surface area contributed by atoms with E-state index in [0.717, 1.165) is 18.2 Å². The van der Waals surface area contributed by atoms with E-state index in [1.54, 1.807) is 29.2 Å². The number of hydrogen-bond acceptors (Lipinski definition) is 5. The van der Waals surface area contributed by atoms with Gasteiger partial charge in [-0.15, -0.1) is 0 Å². The minimum atomic E-state index is -3.57. The van der Waals surface area contributed by atoms with E-state index in [-0.39, 0.29) is 30.8 Å². The summed E-state index contributed by atoms with van der Waals surface area (Å²) in [6.45, 7) is 6.26. The Labute approximate surface area is 215 Å². The molecule has 2 aromatic rings. The van der Waals surface area contributed by atoms with Crippen molar-refractivity contribution in [1.29, 1.82) is 0 Å². The second-order valence-electron chi connectivity index (χ2n) is 8.89. The number of ether oxygens (including phenoxy) is 1. The van der Waals surface area contributed by atoms with Gasteiger partial charge in [0, 0.05) is 31.6 Å². The van der Waals surface area contributed by atoms with E-state index in [0.29, 0.717) is 30.8 Å². The van der Waals surface area contributed by atoms with Crippen LogP contribution in [0.1, 0.15) is 52.0 Å². The first kappa shape index (κ1) is 29.2. The molecule has 0 aliphatic carbocycles. The fourth-order valence-electron chi connectivity index (χ4n) is 3.91. The predicted octanol–water partition coefficient (Wildman–Crippen LogP) is 3.96. The van der Waals surface area contributed by atoms with Crippen LogP contribution in [0.5, 0.6) is 5.75 Å². The maximum absolute atomic E-state index is 13.4. The molecule has 2 rings (SSSR count). The normalized spacial score (nSPS) is 12.9. The van der Waals surface area contributed by atoms with Crippen molar-refractivity contribution in [3.8, 4) is 5.75 Å². The Morgan fingerprint density at radius 3 is 2.31 bits per heavy atom. The summed E-state index contributed by atoms with van der Waals surface area (Å²) in [5.41, 5.74) is 1.40. The van der Waals surface area contributed by atoms with E-state index in [1.807, 2.05) is 51.1 Å². The first-order valence-electron chi connectivity index (χ1n) is 12.4. The van der Waals surface area contributed by atoms with Gasteiger partial charge in [0.2, 0.25) is 21.8 Å². The molecule has 0 aliphatic heterocycles. The summed E-state index contributed by atoms with van der Waals surface area (Å²) in [5.74, 6) is 0.179. The minimum Gasteiger partial charge on any atom is -0.497 e. The Bertz CT molecular complexity index is 1090. The molecular weight excluding hydrogens is 478 g/mol. The van der Waals surface area contributed by atoms with E-state index >= 15 is 0 Å². The Morgan fingerprint density at radius 1 is 1.03 bits per heavy atom. The van der Waals surface area contributed by atoms with Crippen molar-refractivity contribution in [1.82, 2.24) is 10.2 Å². The molecule has 0 bridgehead atoms. The summed E-state index contributed by atoms with van der Waals surface area (Å²) in [4.78, 5) is 28.1. The molecule has 198 valence electrons. The summed E-state index contributed by atoms with van der Waals surface area (Å²) < 4.78 is 31.5. The molecule has 2 amide bonds. The van der Waals surface area contributed by atoms with Crippen molar-refractivity contribution < 1.29 is 22.7 Å². The van der Waals surface area contributed by atoms with Crippen LogP contribution in [0, 0.1) is 0 Å². The van der Waals surface area contributed by atoms with Gasteiger partial charge in [-0.2, -0.15) is 0 Å². The largest absolute Gasteiger partial charge is 0.497 e. The molecular formula is C27H39N3O5S. The van der Waals surface area contributed by atoms with Gasteiger partial charge in [0.1, 0.15) is 11.8 Å². The summed E-state index contributed by atoms with van der Waals surface area (Å²) >= 11 is 0. The van der Waals surface area contributed by atoms with Crippen molar-refractivity contribution in [2.75, 3.05) is 24.2 Å². The van der Waals surface area contributed by atoms with E-state index < -0.39 is 16.1 Å². The van der Waals surface area contributed by atoms with Crippen LogP contribution in [-0.4, -0.2) is 57.1 Å². The molecule has 0 heterocycles. The van der Waals surface area contributed by atoms with Crippen molar-refractivity contribution in [3.05, 3.63) is 60.2 Å². The van der Waals surface area contributed by atoms with E-state index in [2.05, 4.69) is 5.32 Å². The first-order chi connectivity index (χ1) is 17.1. The number of nitrogens with zero attached hydrogens (tertiary/aromatic N) is 2. The number of methoxy groups -OCH3 is 1. The zero-order valence-electron chi connectivity index (χ0n) is 21.9. The highest BCUT2D eigenvalue weighted by molar-refractivity contribution is 7.92. The fourth-order valence-corrected chi connectivity index (χ4v) is 4.87. The number of rotatable bonds is 14. The van der Waals surface area contributed by atoms with Crippen LogP contribution in [0.25, 0.3) is 0 Å². The quantitative estimate of drug-likeness (QED) is 0.409. The molecule has 2 aromatic carbocycles. The van der Waals surface area contributed by atoms with Gasteiger partial charge in [0.15, 0.2) is 0 Å². The molecule has 0 spiro atoms. The lowest BCUT2D eigenvalue weighted by Crippen LogP contribution is -2.50. The van der Waals surface area contributed by atoms with Crippen molar-refractivity contribution >= 4 is 27.5 Å². The summed E-state index contributed by atoms with van der Waals surface area (Å²) in [5, 5.41) is 3.00. The van der Waals surface area contributed by atoms with Crippen LogP contribution < -0.4 is 14.4 Å². The second-order valence-corrected chi connectivity index (χ2v) is 10.8. The molecule has 0 aromatic heterocycles. The molecule has 8 nitrogen and oxygen atoms in total. The van der Waals surface area contributed by atoms with Gasteiger partial charge in [-0.1, -0.05) is 50.2 Å². The van der Waals surface area contributed by atoms with Gasteiger partial charge < -0.3 is 15.0 Å². The number of amides is 2. The van der Waals surface area contributed by atoms with Crippen molar-refractivity contribution in [3.63, 3.8) is 0 Å². The second kappa shape index (κ2) is 13.9. The maximum atomic E-state index is 13.4. The Hall–Kier alpha value is -3.07. The molecule has 0 aliphatic rings. The van der Waals surface area contributed by atoms with Gasteiger partial charge >= 0.3 is 0 Å². The zero-order valence-corrected chi connectivity index (χ0v) is 22.8. The zero-order chi connectivity index (χ0) is 26.7. The van der Waals surface area contributed by atoms with Crippen LogP contribution in [-0.2, 0) is 26.2 Å². The van der Waals surface area contributed by atoms with Crippen LogP contribution in [0.4, 0.5) is 5.69 Å². The first-order valence-corrected chi connectivity index (χ1v) is 14.2. The number of carbonyl (C=O) groups is 2. The summed E-state index contributed by atoms with van der Waals surface area (Å²) in [6, 6.07) is 15.7. The van der Waals surface area contributed by atoms with Gasteiger partial charge in [-0.3, -0.25) is 13.9 Å². The monoisotopic (exact) mass is 517 g/mol.